The minimum Gasteiger partial charge on any atom is -0.316 e. The highest BCUT2D eigenvalue weighted by atomic mass is 35.5. The summed E-state index contributed by atoms with van der Waals surface area (Å²) >= 11 is 12.6. The molecule has 1 fully saturated rings. The Hall–Kier alpha value is -0.240. The Morgan fingerprint density at radius 1 is 1.05 bits per heavy atom. The van der Waals surface area contributed by atoms with E-state index >= 15 is 0 Å². The van der Waals surface area contributed by atoms with Crippen LogP contribution in [0.5, 0.6) is 0 Å². The first kappa shape index (κ1) is 17.1. The first-order chi connectivity index (χ1) is 10.0. The zero-order valence-electron chi connectivity index (χ0n) is 13.3. The molecule has 0 aliphatic heterocycles. The number of benzene rings is 1. The average molecular weight is 328 g/mol. The fourth-order valence-electron chi connectivity index (χ4n) is 3.67. The van der Waals surface area contributed by atoms with Crippen molar-refractivity contribution in [3.63, 3.8) is 0 Å². The van der Waals surface area contributed by atoms with Crippen LogP contribution < -0.4 is 5.32 Å². The highest BCUT2D eigenvalue weighted by molar-refractivity contribution is 6.36. The Labute approximate surface area is 139 Å². The van der Waals surface area contributed by atoms with Gasteiger partial charge in [0.1, 0.15) is 0 Å². The van der Waals surface area contributed by atoms with E-state index in [0.29, 0.717) is 6.04 Å². The van der Waals surface area contributed by atoms with E-state index in [1.165, 1.54) is 25.7 Å². The van der Waals surface area contributed by atoms with Crippen LogP contribution in [0.15, 0.2) is 18.2 Å². The fraction of sp³-hybridized carbons (Fsp3) is 0.667. The van der Waals surface area contributed by atoms with Gasteiger partial charge in [-0.3, -0.25) is 0 Å². The smallest absolute Gasteiger partial charge is 0.0453 e. The Bertz CT molecular complexity index is 430. The minimum atomic E-state index is 0.468. The molecule has 0 amide bonds. The van der Waals surface area contributed by atoms with Gasteiger partial charge in [0.05, 0.1) is 0 Å². The quantitative estimate of drug-likeness (QED) is 0.743. The summed E-state index contributed by atoms with van der Waals surface area (Å²) in [6, 6.07) is 6.25. The summed E-state index contributed by atoms with van der Waals surface area (Å²) in [5, 5.41) is 5.08. The molecule has 1 nitrogen and oxygen atoms in total. The molecular formula is C18H27Cl2N. The van der Waals surface area contributed by atoms with Crippen molar-refractivity contribution >= 4 is 23.2 Å². The molecule has 1 aromatic rings. The Morgan fingerprint density at radius 2 is 1.57 bits per heavy atom. The van der Waals surface area contributed by atoms with Crippen molar-refractivity contribution in [2.45, 2.75) is 52.0 Å². The van der Waals surface area contributed by atoms with E-state index in [0.717, 1.165) is 39.8 Å². The lowest BCUT2D eigenvalue weighted by atomic mass is 9.73. The Morgan fingerprint density at radius 3 is 2.05 bits per heavy atom. The molecule has 1 aliphatic carbocycles. The number of hydrogen-bond acceptors (Lipinski definition) is 1. The second-order valence-electron chi connectivity index (χ2n) is 6.72. The molecular weight excluding hydrogens is 301 g/mol. The molecule has 1 saturated carbocycles. The normalized spacial score (nSPS) is 24.3. The van der Waals surface area contributed by atoms with Crippen molar-refractivity contribution < 1.29 is 0 Å². The molecule has 1 unspecified atom stereocenters. The molecule has 0 spiro atoms. The van der Waals surface area contributed by atoms with E-state index in [9.17, 15) is 0 Å². The fourth-order valence-corrected chi connectivity index (χ4v) is 4.22. The van der Waals surface area contributed by atoms with Crippen molar-refractivity contribution in [1.29, 1.82) is 0 Å². The van der Waals surface area contributed by atoms with Crippen LogP contribution in [-0.2, 0) is 6.42 Å². The summed E-state index contributed by atoms with van der Waals surface area (Å²) in [4.78, 5) is 0. The highest BCUT2D eigenvalue weighted by Gasteiger charge is 2.28. The van der Waals surface area contributed by atoms with Crippen LogP contribution >= 0.6 is 23.2 Å². The lowest BCUT2D eigenvalue weighted by Gasteiger charge is -2.35. The molecule has 1 atom stereocenters. The van der Waals surface area contributed by atoms with Gasteiger partial charge in [0.2, 0.25) is 0 Å². The largest absolute Gasteiger partial charge is 0.316 e. The molecule has 3 heteroatoms. The van der Waals surface area contributed by atoms with Crippen LogP contribution in [-0.4, -0.2) is 13.1 Å². The van der Waals surface area contributed by atoms with Crippen molar-refractivity contribution in [2.75, 3.05) is 7.05 Å². The average Bonchev–Trinajstić information content (AvgIpc) is 2.47. The number of halogens is 2. The van der Waals surface area contributed by atoms with Crippen LogP contribution in [0.4, 0.5) is 0 Å². The molecule has 0 bridgehead atoms. The first-order valence-electron chi connectivity index (χ1n) is 8.13. The summed E-state index contributed by atoms with van der Waals surface area (Å²) in [5.41, 5.74) is 1.09. The monoisotopic (exact) mass is 327 g/mol. The zero-order valence-corrected chi connectivity index (χ0v) is 14.8. The van der Waals surface area contributed by atoms with Crippen LogP contribution in [0, 0.1) is 17.8 Å². The second-order valence-corrected chi connectivity index (χ2v) is 7.53. The number of nitrogens with one attached hydrogen (secondary N) is 1. The second kappa shape index (κ2) is 7.85. The van der Waals surface area contributed by atoms with Gasteiger partial charge in [0, 0.05) is 16.1 Å². The third-order valence-electron chi connectivity index (χ3n) is 5.18. The third-order valence-corrected chi connectivity index (χ3v) is 5.89. The predicted octanol–water partition coefficient (Wildman–Crippen LogP) is 5.59. The van der Waals surface area contributed by atoms with E-state index in [1.807, 2.05) is 18.2 Å². The van der Waals surface area contributed by atoms with Crippen molar-refractivity contribution in [1.82, 2.24) is 5.32 Å². The van der Waals surface area contributed by atoms with Crippen LogP contribution in [0.2, 0.25) is 10.0 Å². The van der Waals surface area contributed by atoms with E-state index in [1.54, 1.807) is 0 Å². The Balaban J connectivity index is 2.01. The number of hydrogen-bond donors (Lipinski definition) is 1. The number of likely N-dealkylation sites (N-methyl/N-ethyl adjacent to an activating group) is 1. The van der Waals surface area contributed by atoms with Crippen LogP contribution in [0.1, 0.15) is 45.1 Å². The van der Waals surface area contributed by atoms with Crippen LogP contribution in [0.25, 0.3) is 0 Å². The maximum atomic E-state index is 6.32. The van der Waals surface area contributed by atoms with Gasteiger partial charge in [-0.1, -0.05) is 43.1 Å². The van der Waals surface area contributed by atoms with Gasteiger partial charge in [-0.05, 0) is 74.6 Å². The zero-order chi connectivity index (χ0) is 15.4. The molecule has 0 radical (unpaired) electrons. The standard InChI is InChI=1S/C18H27Cl2N/c1-12(2)13-7-9-14(10-8-13)18(21-3)11-15-16(19)5-4-6-17(15)20/h4-6,12-14,18,21H,7-11H2,1-3H3. The molecule has 1 aliphatic rings. The predicted molar refractivity (Wildman–Crippen MR) is 93.3 cm³/mol. The molecule has 1 aromatic carbocycles. The molecule has 118 valence electrons. The lowest BCUT2D eigenvalue weighted by Crippen LogP contribution is -2.38. The summed E-state index contributed by atoms with van der Waals surface area (Å²) in [6.45, 7) is 4.70. The topological polar surface area (TPSA) is 12.0 Å². The number of rotatable bonds is 5. The SMILES string of the molecule is CNC(Cc1c(Cl)cccc1Cl)C1CCC(C(C)C)CC1. The van der Waals surface area contributed by atoms with Crippen molar-refractivity contribution in [2.24, 2.45) is 17.8 Å². The van der Waals surface area contributed by atoms with Gasteiger partial charge in [0.15, 0.2) is 0 Å². The maximum Gasteiger partial charge on any atom is 0.0453 e. The minimum absolute atomic E-state index is 0.468. The molecule has 2 rings (SSSR count). The summed E-state index contributed by atoms with van der Waals surface area (Å²) < 4.78 is 0. The molecule has 0 saturated heterocycles. The van der Waals surface area contributed by atoms with E-state index < -0.39 is 0 Å². The van der Waals surface area contributed by atoms with Gasteiger partial charge < -0.3 is 5.32 Å². The summed E-state index contributed by atoms with van der Waals surface area (Å²) in [5.74, 6) is 2.46. The Kier molecular flexibility index (Phi) is 6.40. The first-order valence-corrected chi connectivity index (χ1v) is 8.88. The van der Waals surface area contributed by atoms with Crippen molar-refractivity contribution in [3.8, 4) is 0 Å². The molecule has 1 N–H and O–H groups in total. The van der Waals surface area contributed by atoms with E-state index in [4.69, 9.17) is 23.2 Å². The highest BCUT2D eigenvalue weighted by Crippen LogP contribution is 2.36. The van der Waals surface area contributed by atoms with Gasteiger partial charge in [-0.2, -0.15) is 0 Å². The summed E-state index contributed by atoms with van der Waals surface area (Å²) in [7, 11) is 2.06. The van der Waals surface area contributed by atoms with Gasteiger partial charge in [-0.15, -0.1) is 0 Å². The molecule has 0 aromatic heterocycles. The van der Waals surface area contributed by atoms with E-state index in [2.05, 4.69) is 26.2 Å². The summed E-state index contributed by atoms with van der Waals surface area (Å²) in [6.07, 6.45) is 6.27. The van der Waals surface area contributed by atoms with Crippen molar-refractivity contribution in [3.05, 3.63) is 33.8 Å². The van der Waals surface area contributed by atoms with Crippen LogP contribution in [0.3, 0.4) is 0 Å². The maximum absolute atomic E-state index is 6.32. The van der Waals surface area contributed by atoms with Gasteiger partial charge in [-0.25, -0.2) is 0 Å². The lowest BCUT2D eigenvalue weighted by molar-refractivity contribution is 0.191. The van der Waals surface area contributed by atoms with Gasteiger partial charge >= 0.3 is 0 Å². The molecule has 21 heavy (non-hydrogen) atoms. The van der Waals surface area contributed by atoms with Gasteiger partial charge in [0.25, 0.3) is 0 Å². The third kappa shape index (κ3) is 4.37. The van der Waals surface area contributed by atoms with E-state index in [-0.39, 0.29) is 0 Å². The molecule has 0 heterocycles.